The van der Waals surface area contributed by atoms with Gasteiger partial charge in [-0.1, -0.05) is 0 Å². The molecule has 2 atom stereocenters. The van der Waals surface area contributed by atoms with Crippen LogP contribution in [0.25, 0.3) is 0 Å². The van der Waals surface area contributed by atoms with Crippen LogP contribution < -0.4 is 5.32 Å². The van der Waals surface area contributed by atoms with E-state index in [1.807, 2.05) is 0 Å². The minimum atomic E-state index is 0.490. The summed E-state index contributed by atoms with van der Waals surface area (Å²) in [6.07, 6.45) is 7.01. The van der Waals surface area contributed by atoms with Gasteiger partial charge < -0.3 is 15.0 Å². The fourth-order valence-electron chi connectivity index (χ4n) is 2.29. The first-order chi connectivity index (χ1) is 7.75. The quantitative estimate of drug-likeness (QED) is 0.714. The van der Waals surface area contributed by atoms with Crippen molar-refractivity contribution in [3.05, 3.63) is 0 Å². The first-order valence-corrected chi connectivity index (χ1v) is 6.81. The maximum Gasteiger partial charge on any atom is 0.0702 e. The monoisotopic (exact) mass is 226 g/mol. The van der Waals surface area contributed by atoms with Crippen molar-refractivity contribution in [3.63, 3.8) is 0 Å². The zero-order chi connectivity index (χ0) is 11.4. The topological polar surface area (TPSA) is 24.5 Å². The lowest BCUT2D eigenvalue weighted by Gasteiger charge is -2.27. The Bertz CT molecular complexity index is 200. The standard InChI is InChI=1S/C13H26N2O/c1-11(7-8-14-12-5-6-12)15(2)10-13-4-3-9-16-13/h11-14H,3-10H2,1-2H3. The molecule has 94 valence electrons. The van der Waals surface area contributed by atoms with Crippen molar-refractivity contribution in [2.75, 3.05) is 26.7 Å². The predicted octanol–water partition coefficient (Wildman–Crippen LogP) is 1.63. The van der Waals surface area contributed by atoms with Crippen LogP contribution in [0.15, 0.2) is 0 Å². The van der Waals surface area contributed by atoms with Crippen molar-refractivity contribution >= 4 is 0 Å². The van der Waals surface area contributed by atoms with Gasteiger partial charge in [-0.15, -0.1) is 0 Å². The minimum Gasteiger partial charge on any atom is -0.377 e. The van der Waals surface area contributed by atoms with E-state index in [-0.39, 0.29) is 0 Å². The molecule has 1 saturated heterocycles. The summed E-state index contributed by atoms with van der Waals surface area (Å²) in [4.78, 5) is 2.45. The lowest BCUT2D eigenvalue weighted by atomic mass is 10.1. The second-order valence-electron chi connectivity index (χ2n) is 5.44. The van der Waals surface area contributed by atoms with Gasteiger partial charge in [-0.3, -0.25) is 0 Å². The van der Waals surface area contributed by atoms with E-state index in [1.54, 1.807) is 0 Å². The molecule has 3 nitrogen and oxygen atoms in total. The van der Waals surface area contributed by atoms with Crippen LogP contribution >= 0.6 is 0 Å². The molecule has 0 spiro atoms. The molecule has 1 N–H and O–H groups in total. The van der Waals surface area contributed by atoms with E-state index in [2.05, 4.69) is 24.2 Å². The highest BCUT2D eigenvalue weighted by molar-refractivity contribution is 4.81. The Kier molecular flexibility index (Phi) is 4.62. The van der Waals surface area contributed by atoms with Crippen molar-refractivity contribution in [3.8, 4) is 0 Å². The molecule has 0 aromatic rings. The molecular formula is C13H26N2O. The molecule has 1 aliphatic heterocycles. The molecule has 2 fully saturated rings. The number of nitrogens with one attached hydrogen (secondary N) is 1. The van der Waals surface area contributed by atoms with Gasteiger partial charge in [-0.25, -0.2) is 0 Å². The third-order valence-corrected chi connectivity index (χ3v) is 3.84. The van der Waals surface area contributed by atoms with Crippen LogP contribution in [0.1, 0.15) is 39.0 Å². The zero-order valence-corrected chi connectivity index (χ0v) is 10.7. The number of likely N-dealkylation sites (N-methyl/N-ethyl adjacent to an activating group) is 1. The molecule has 0 aromatic carbocycles. The van der Waals surface area contributed by atoms with Crippen LogP contribution in [0.2, 0.25) is 0 Å². The molecule has 2 rings (SSSR count). The normalized spacial score (nSPS) is 27.6. The van der Waals surface area contributed by atoms with E-state index in [1.165, 1.54) is 38.6 Å². The maximum atomic E-state index is 5.67. The first kappa shape index (κ1) is 12.3. The van der Waals surface area contributed by atoms with Gasteiger partial charge >= 0.3 is 0 Å². The summed E-state index contributed by atoms with van der Waals surface area (Å²) < 4.78 is 5.67. The molecule has 0 amide bonds. The van der Waals surface area contributed by atoms with Crippen molar-refractivity contribution in [2.45, 2.75) is 57.2 Å². The van der Waals surface area contributed by atoms with Crippen molar-refractivity contribution in [1.82, 2.24) is 10.2 Å². The molecular weight excluding hydrogens is 200 g/mol. The summed E-state index contributed by atoms with van der Waals surface area (Å²) in [5, 5.41) is 3.58. The Labute approximate surface area is 99.5 Å². The lowest BCUT2D eigenvalue weighted by Crippen LogP contribution is -2.37. The average molecular weight is 226 g/mol. The molecule has 1 aliphatic carbocycles. The van der Waals surface area contributed by atoms with Gasteiger partial charge in [0.05, 0.1) is 6.10 Å². The zero-order valence-electron chi connectivity index (χ0n) is 10.7. The Morgan fingerprint density at radius 2 is 2.19 bits per heavy atom. The van der Waals surface area contributed by atoms with Crippen LogP contribution in [0, 0.1) is 0 Å². The number of nitrogens with zero attached hydrogens (tertiary/aromatic N) is 1. The molecule has 0 radical (unpaired) electrons. The summed E-state index contributed by atoms with van der Waals surface area (Å²) in [5.41, 5.74) is 0. The van der Waals surface area contributed by atoms with E-state index in [4.69, 9.17) is 4.74 Å². The number of rotatable bonds is 7. The SMILES string of the molecule is CC(CCNC1CC1)N(C)CC1CCCO1. The van der Waals surface area contributed by atoms with Crippen LogP contribution in [0.3, 0.4) is 0 Å². The Morgan fingerprint density at radius 1 is 1.38 bits per heavy atom. The number of hydrogen-bond donors (Lipinski definition) is 1. The summed E-state index contributed by atoms with van der Waals surface area (Å²) in [7, 11) is 2.23. The van der Waals surface area contributed by atoms with Gasteiger partial charge in [0.25, 0.3) is 0 Å². The summed E-state index contributed by atoms with van der Waals surface area (Å²) in [6.45, 7) is 5.56. The van der Waals surface area contributed by atoms with Crippen molar-refractivity contribution in [1.29, 1.82) is 0 Å². The summed E-state index contributed by atoms with van der Waals surface area (Å²) in [5.74, 6) is 0. The van der Waals surface area contributed by atoms with E-state index in [0.717, 1.165) is 19.2 Å². The molecule has 2 aliphatic rings. The number of ether oxygens (including phenoxy) is 1. The Hall–Kier alpha value is -0.120. The second-order valence-corrected chi connectivity index (χ2v) is 5.44. The first-order valence-electron chi connectivity index (χ1n) is 6.81. The van der Waals surface area contributed by atoms with Gasteiger partial charge in [-0.05, 0) is 52.6 Å². The van der Waals surface area contributed by atoms with Crippen LogP contribution in [0.5, 0.6) is 0 Å². The minimum absolute atomic E-state index is 0.490. The molecule has 1 heterocycles. The fraction of sp³-hybridized carbons (Fsp3) is 1.00. The third kappa shape index (κ3) is 4.04. The number of hydrogen-bond acceptors (Lipinski definition) is 3. The van der Waals surface area contributed by atoms with Crippen LogP contribution in [0.4, 0.5) is 0 Å². The van der Waals surface area contributed by atoms with Crippen LogP contribution in [-0.4, -0.2) is 49.8 Å². The Morgan fingerprint density at radius 3 is 2.81 bits per heavy atom. The van der Waals surface area contributed by atoms with Gasteiger partial charge in [0.15, 0.2) is 0 Å². The highest BCUT2D eigenvalue weighted by atomic mass is 16.5. The molecule has 1 saturated carbocycles. The molecule has 3 heteroatoms. The van der Waals surface area contributed by atoms with Gasteiger partial charge in [0, 0.05) is 25.2 Å². The van der Waals surface area contributed by atoms with Crippen molar-refractivity contribution < 1.29 is 4.74 Å². The lowest BCUT2D eigenvalue weighted by molar-refractivity contribution is 0.0692. The molecule has 16 heavy (non-hydrogen) atoms. The third-order valence-electron chi connectivity index (χ3n) is 3.84. The van der Waals surface area contributed by atoms with Crippen molar-refractivity contribution in [2.24, 2.45) is 0 Å². The fourth-order valence-corrected chi connectivity index (χ4v) is 2.29. The smallest absolute Gasteiger partial charge is 0.0702 e. The average Bonchev–Trinajstić information content (AvgIpc) is 2.95. The van der Waals surface area contributed by atoms with Gasteiger partial charge in [-0.2, -0.15) is 0 Å². The molecule has 0 aromatic heterocycles. The second kappa shape index (κ2) is 5.99. The summed E-state index contributed by atoms with van der Waals surface area (Å²) in [6, 6.07) is 1.51. The Balaban J connectivity index is 1.56. The highest BCUT2D eigenvalue weighted by Gasteiger charge is 2.22. The van der Waals surface area contributed by atoms with E-state index >= 15 is 0 Å². The predicted molar refractivity (Wildman–Crippen MR) is 66.7 cm³/mol. The van der Waals surface area contributed by atoms with Gasteiger partial charge in [0.1, 0.15) is 0 Å². The highest BCUT2D eigenvalue weighted by Crippen LogP contribution is 2.19. The molecule has 2 unspecified atom stereocenters. The summed E-state index contributed by atoms with van der Waals surface area (Å²) >= 11 is 0. The maximum absolute atomic E-state index is 5.67. The van der Waals surface area contributed by atoms with E-state index < -0.39 is 0 Å². The van der Waals surface area contributed by atoms with Crippen LogP contribution in [-0.2, 0) is 4.74 Å². The largest absolute Gasteiger partial charge is 0.377 e. The van der Waals surface area contributed by atoms with E-state index in [0.29, 0.717) is 12.1 Å². The molecule has 0 bridgehead atoms. The van der Waals surface area contributed by atoms with E-state index in [9.17, 15) is 0 Å². The van der Waals surface area contributed by atoms with Gasteiger partial charge in [0.2, 0.25) is 0 Å².